The second kappa shape index (κ2) is 8.03. The van der Waals surface area contributed by atoms with Crippen molar-refractivity contribution in [3.8, 4) is 0 Å². The lowest BCUT2D eigenvalue weighted by Gasteiger charge is -2.37. The van der Waals surface area contributed by atoms with Gasteiger partial charge in [-0.3, -0.25) is 19.1 Å². The number of aromatic nitrogens is 3. The number of piperidine rings is 2. The van der Waals surface area contributed by atoms with E-state index in [0.29, 0.717) is 26.2 Å². The Balaban J connectivity index is 1.56. The van der Waals surface area contributed by atoms with Gasteiger partial charge in [0.15, 0.2) is 0 Å². The van der Waals surface area contributed by atoms with E-state index in [-0.39, 0.29) is 35.9 Å². The number of nitrogens with zero attached hydrogens (tertiary/aromatic N) is 4. The molecule has 2 saturated heterocycles. The maximum atomic E-state index is 12.9. The van der Waals surface area contributed by atoms with Gasteiger partial charge in [-0.25, -0.2) is 9.89 Å². The molecular weight excluding hydrogens is 336 g/mol. The first kappa shape index (κ1) is 18.6. The molecule has 0 saturated carbocycles. The summed E-state index contributed by atoms with van der Waals surface area (Å²) >= 11 is 0. The molecule has 144 valence electrons. The summed E-state index contributed by atoms with van der Waals surface area (Å²) in [6, 6.07) is 0. The van der Waals surface area contributed by atoms with E-state index in [4.69, 9.17) is 5.73 Å². The number of hydrogen-bond donors (Lipinski definition) is 2. The number of nitrogens with two attached hydrogens (primary N) is 1. The second-order valence-corrected chi connectivity index (χ2v) is 7.27. The topological polar surface area (TPSA) is 117 Å². The third-order valence-electron chi connectivity index (χ3n) is 5.51. The Morgan fingerprint density at radius 1 is 1.23 bits per heavy atom. The average molecular weight is 364 g/mol. The summed E-state index contributed by atoms with van der Waals surface area (Å²) in [6.07, 6.45) is 3.40. The van der Waals surface area contributed by atoms with E-state index in [1.54, 1.807) is 4.57 Å². The number of rotatable bonds is 5. The van der Waals surface area contributed by atoms with Crippen molar-refractivity contribution in [2.24, 2.45) is 11.7 Å². The highest BCUT2D eigenvalue weighted by Gasteiger charge is 2.33. The largest absolute Gasteiger partial charge is 0.369 e. The van der Waals surface area contributed by atoms with Crippen LogP contribution in [0.2, 0.25) is 0 Å². The molecule has 3 heterocycles. The number of likely N-dealkylation sites (tertiary alicyclic amines) is 2. The van der Waals surface area contributed by atoms with E-state index in [2.05, 4.69) is 10.2 Å². The van der Waals surface area contributed by atoms with Crippen molar-refractivity contribution < 1.29 is 9.59 Å². The van der Waals surface area contributed by atoms with Crippen LogP contribution in [0.4, 0.5) is 0 Å². The van der Waals surface area contributed by atoms with Crippen LogP contribution in [-0.4, -0.2) is 69.1 Å². The van der Waals surface area contributed by atoms with E-state index in [1.807, 2.05) is 16.7 Å². The molecule has 2 amide bonds. The Morgan fingerprint density at radius 3 is 2.62 bits per heavy atom. The fourth-order valence-electron chi connectivity index (χ4n) is 4.18. The standard InChI is InChI=1S/C17H28N6O3/c1-2-23-15(19-20-17(23)26)12-5-8-22(9-6-12)16(25)13-4-3-7-21(10-13)11-14(18)24/h12-13H,2-11H2,1H3,(H2,18,24)(H,20,26). The fraction of sp³-hybridized carbons (Fsp3) is 0.765. The number of primary amides is 1. The number of aromatic amines is 1. The summed E-state index contributed by atoms with van der Waals surface area (Å²) in [5.41, 5.74) is 5.11. The molecule has 3 rings (SSSR count). The molecule has 0 aromatic carbocycles. The molecule has 0 radical (unpaired) electrons. The van der Waals surface area contributed by atoms with Gasteiger partial charge in [0.25, 0.3) is 0 Å². The van der Waals surface area contributed by atoms with Crippen molar-refractivity contribution in [3.63, 3.8) is 0 Å². The lowest BCUT2D eigenvalue weighted by Crippen LogP contribution is -2.48. The summed E-state index contributed by atoms with van der Waals surface area (Å²) in [5.74, 6) is 0.775. The molecule has 0 bridgehead atoms. The normalized spacial score (nSPS) is 22.5. The monoisotopic (exact) mass is 364 g/mol. The van der Waals surface area contributed by atoms with E-state index in [9.17, 15) is 14.4 Å². The number of amides is 2. The molecule has 0 aliphatic carbocycles. The molecule has 9 heteroatoms. The highest BCUT2D eigenvalue weighted by Crippen LogP contribution is 2.28. The van der Waals surface area contributed by atoms with Crippen LogP contribution in [0, 0.1) is 5.92 Å². The van der Waals surface area contributed by atoms with Gasteiger partial charge in [0.1, 0.15) is 5.82 Å². The lowest BCUT2D eigenvalue weighted by atomic mass is 9.92. The SMILES string of the molecule is CCn1c(C2CCN(C(=O)C3CCCN(CC(N)=O)C3)CC2)n[nH]c1=O. The molecule has 9 nitrogen and oxygen atoms in total. The minimum Gasteiger partial charge on any atom is -0.369 e. The third-order valence-corrected chi connectivity index (χ3v) is 5.51. The number of H-pyrrole nitrogens is 1. The summed E-state index contributed by atoms with van der Waals surface area (Å²) < 4.78 is 1.67. The van der Waals surface area contributed by atoms with E-state index in [1.165, 1.54) is 0 Å². The van der Waals surface area contributed by atoms with Crippen LogP contribution < -0.4 is 11.4 Å². The molecule has 3 N–H and O–H groups in total. The fourth-order valence-corrected chi connectivity index (χ4v) is 4.18. The first-order valence-electron chi connectivity index (χ1n) is 9.44. The maximum Gasteiger partial charge on any atom is 0.343 e. The van der Waals surface area contributed by atoms with Gasteiger partial charge >= 0.3 is 5.69 Å². The predicted octanol–water partition coefficient (Wildman–Crippen LogP) is -0.505. The van der Waals surface area contributed by atoms with Crippen molar-refractivity contribution in [1.82, 2.24) is 24.6 Å². The Bertz CT molecular complexity index is 704. The van der Waals surface area contributed by atoms with Crippen LogP contribution in [-0.2, 0) is 16.1 Å². The summed E-state index contributed by atoms with van der Waals surface area (Å²) in [7, 11) is 0. The highest BCUT2D eigenvalue weighted by molar-refractivity contribution is 5.80. The Hall–Kier alpha value is -2.16. The zero-order chi connectivity index (χ0) is 18.7. The van der Waals surface area contributed by atoms with Crippen LogP contribution in [0.5, 0.6) is 0 Å². The summed E-state index contributed by atoms with van der Waals surface area (Å²) in [5, 5.41) is 6.70. The summed E-state index contributed by atoms with van der Waals surface area (Å²) in [4.78, 5) is 39.6. The van der Waals surface area contributed by atoms with Crippen LogP contribution in [0.3, 0.4) is 0 Å². The maximum absolute atomic E-state index is 12.9. The molecule has 26 heavy (non-hydrogen) atoms. The third kappa shape index (κ3) is 3.98. The molecule has 1 aromatic rings. The number of hydrogen-bond acceptors (Lipinski definition) is 5. The lowest BCUT2D eigenvalue weighted by molar-refractivity contribution is -0.139. The average Bonchev–Trinajstić information content (AvgIpc) is 3.01. The Labute approximate surface area is 152 Å². The summed E-state index contributed by atoms with van der Waals surface area (Å²) in [6.45, 7) is 5.54. The van der Waals surface area contributed by atoms with E-state index >= 15 is 0 Å². The quantitative estimate of drug-likeness (QED) is 0.730. The van der Waals surface area contributed by atoms with Crippen LogP contribution >= 0.6 is 0 Å². The minimum absolute atomic E-state index is 0.0566. The van der Waals surface area contributed by atoms with Crippen LogP contribution in [0.25, 0.3) is 0 Å². The predicted molar refractivity (Wildman–Crippen MR) is 95.4 cm³/mol. The molecule has 2 aliphatic rings. The smallest absolute Gasteiger partial charge is 0.343 e. The highest BCUT2D eigenvalue weighted by atomic mass is 16.2. The Morgan fingerprint density at radius 2 is 1.96 bits per heavy atom. The molecule has 0 spiro atoms. The van der Waals surface area contributed by atoms with Crippen molar-refractivity contribution in [1.29, 1.82) is 0 Å². The van der Waals surface area contributed by atoms with Gasteiger partial charge < -0.3 is 10.6 Å². The van der Waals surface area contributed by atoms with Gasteiger partial charge in [-0.2, -0.15) is 5.10 Å². The molecule has 1 unspecified atom stereocenters. The molecule has 2 aliphatic heterocycles. The van der Waals surface area contributed by atoms with Crippen molar-refractivity contribution in [2.45, 2.75) is 45.1 Å². The molecule has 2 fully saturated rings. The van der Waals surface area contributed by atoms with Crippen LogP contribution in [0.15, 0.2) is 4.79 Å². The number of nitrogens with one attached hydrogen (secondary N) is 1. The van der Waals surface area contributed by atoms with E-state index in [0.717, 1.165) is 38.1 Å². The van der Waals surface area contributed by atoms with Gasteiger partial charge in [-0.05, 0) is 39.2 Å². The zero-order valence-corrected chi connectivity index (χ0v) is 15.3. The number of carbonyl (C=O) groups excluding carboxylic acids is 2. The first-order valence-corrected chi connectivity index (χ1v) is 9.44. The zero-order valence-electron chi connectivity index (χ0n) is 15.3. The van der Waals surface area contributed by atoms with Crippen molar-refractivity contribution in [2.75, 3.05) is 32.7 Å². The Kier molecular flexibility index (Phi) is 5.75. The van der Waals surface area contributed by atoms with Crippen molar-refractivity contribution in [3.05, 3.63) is 16.3 Å². The first-order chi connectivity index (χ1) is 12.5. The molecule has 1 atom stereocenters. The molecular formula is C17H28N6O3. The molecule has 1 aromatic heterocycles. The van der Waals surface area contributed by atoms with E-state index < -0.39 is 0 Å². The van der Waals surface area contributed by atoms with Gasteiger partial charge in [0, 0.05) is 32.1 Å². The van der Waals surface area contributed by atoms with Gasteiger partial charge in [-0.15, -0.1) is 0 Å². The van der Waals surface area contributed by atoms with Gasteiger partial charge in [0.05, 0.1) is 12.5 Å². The number of carbonyl (C=O) groups is 2. The van der Waals surface area contributed by atoms with Gasteiger partial charge in [-0.1, -0.05) is 0 Å². The van der Waals surface area contributed by atoms with Gasteiger partial charge in [0.2, 0.25) is 11.8 Å². The second-order valence-electron chi connectivity index (χ2n) is 7.27. The van der Waals surface area contributed by atoms with Crippen LogP contribution in [0.1, 0.15) is 44.3 Å². The minimum atomic E-state index is -0.347. The van der Waals surface area contributed by atoms with Crippen molar-refractivity contribution >= 4 is 11.8 Å².